The molecule has 2 aliphatic heterocycles. The summed E-state index contributed by atoms with van der Waals surface area (Å²) in [4.78, 5) is 39.9. The first kappa shape index (κ1) is 18.0. The Morgan fingerprint density at radius 1 is 0.800 bits per heavy atom. The molecule has 0 aromatic carbocycles. The van der Waals surface area contributed by atoms with Crippen LogP contribution in [0.25, 0.3) is 0 Å². The second-order valence-electron chi connectivity index (χ2n) is 7.66. The lowest BCUT2D eigenvalue weighted by molar-refractivity contribution is -0.142. The molecule has 0 bridgehead atoms. The van der Waals surface area contributed by atoms with E-state index >= 15 is 0 Å². The molecule has 1 atom stereocenters. The molecule has 2 heterocycles. The first-order chi connectivity index (χ1) is 12.0. The maximum Gasteiger partial charge on any atom is 0.320 e. The summed E-state index contributed by atoms with van der Waals surface area (Å²) in [6.45, 7) is 2.91. The monoisotopic (exact) mass is 351 g/mol. The third-order valence-electron chi connectivity index (χ3n) is 5.86. The van der Waals surface area contributed by atoms with Crippen LogP contribution in [0.15, 0.2) is 0 Å². The smallest absolute Gasteiger partial charge is 0.320 e. The van der Waals surface area contributed by atoms with Crippen LogP contribution in [0.5, 0.6) is 0 Å². The van der Waals surface area contributed by atoms with Gasteiger partial charge >= 0.3 is 12.0 Å². The van der Waals surface area contributed by atoms with Crippen molar-refractivity contribution in [1.82, 2.24) is 15.1 Å². The molecule has 0 radical (unpaired) electrons. The summed E-state index contributed by atoms with van der Waals surface area (Å²) in [7, 11) is 0. The minimum absolute atomic E-state index is 0.0256. The number of piperidine rings is 1. The normalized spacial score (nSPS) is 30.2. The number of hydrogen-bond acceptors (Lipinski definition) is 3. The molecule has 0 aromatic heterocycles. The minimum Gasteiger partial charge on any atom is -0.481 e. The molecular weight excluding hydrogens is 322 g/mol. The number of urea groups is 1. The molecule has 0 aromatic rings. The van der Waals surface area contributed by atoms with Crippen LogP contribution in [0.4, 0.5) is 4.79 Å². The second-order valence-corrected chi connectivity index (χ2v) is 7.66. The summed E-state index contributed by atoms with van der Waals surface area (Å²) in [5.41, 5.74) is 0. The van der Waals surface area contributed by atoms with Crippen molar-refractivity contribution in [2.24, 2.45) is 11.8 Å². The van der Waals surface area contributed by atoms with Crippen molar-refractivity contribution in [3.05, 3.63) is 0 Å². The largest absolute Gasteiger partial charge is 0.481 e. The first-order valence-corrected chi connectivity index (χ1v) is 9.61. The lowest BCUT2D eigenvalue weighted by Gasteiger charge is -2.35. The van der Waals surface area contributed by atoms with E-state index in [0.717, 1.165) is 58.2 Å². The number of aliphatic carboxylic acids is 1. The van der Waals surface area contributed by atoms with E-state index in [2.05, 4.69) is 5.32 Å². The number of rotatable bonds is 3. The average molecular weight is 351 g/mol. The van der Waals surface area contributed by atoms with Crippen molar-refractivity contribution in [2.75, 3.05) is 26.2 Å². The predicted octanol–water partition coefficient (Wildman–Crippen LogP) is 1.67. The highest BCUT2D eigenvalue weighted by Crippen LogP contribution is 2.25. The van der Waals surface area contributed by atoms with Gasteiger partial charge in [0.1, 0.15) is 0 Å². The molecule has 25 heavy (non-hydrogen) atoms. The Morgan fingerprint density at radius 2 is 1.44 bits per heavy atom. The molecule has 7 heteroatoms. The van der Waals surface area contributed by atoms with Crippen molar-refractivity contribution in [3.63, 3.8) is 0 Å². The van der Waals surface area contributed by atoms with Gasteiger partial charge in [-0.1, -0.05) is 0 Å². The van der Waals surface area contributed by atoms with Crippen LogP contribution in [-0.4, -0.2) is 65.0 Å². The van der Waals surface area contributed by atoms with Gasteiger partial charge in [-0.15, -0.1) is 0 Å². The number of likely N-dealkylation sites (tertiary alicyclic amines) is 2. The summed E-state index contributed by atoms with van der Waals surface area (Å²) < 4.78 is 0. The van der Waals surface area contributed by atoms with Crippen LogP contribution < -0.4 is 5.32 Å². The molecule has 3 fully saturated rings. The summed E-state index contributed by atoms with van der Waals surface area (Å²) in [5, 5.41) is 12.1. The van der Waals surface area contributed by atoms with Crippen LogP contribution in [0.2, 0.25) is 0 Å². The van der Waals surface area contributed by atoms with Gasteiger partial charge in [0, 0.05) is 32.2 Å². The highest BCUT2D eigenvalue weighted by Gasteiger charge is 2.33. The molecule has 1 aliphatic carbocycles. The maximum absolute atomic E-state index is 12.6. The molecule has 3 aliphatic rings. The number of hydrogen-bond donors (Lipinski definition) is 2. The topological polar surface area (TPSA) is 90.0 Å². The van der Waals surface area contributed by atoms with Gasteiger partial charge in [-0.3, -0.25) is 9.59 Å². The van der Waals surface area contributed by atoms with Crippen LogP contribution >= 0.6 is 0 Å². The molecule has 1 unspecified atom stereocenters. The fraction of sp³-hybridized carbons (Fsp3) is 0.833. The fourth-order valence-corrected chi connectivity index (χ4v) is 4.28. The van der Waals surface area contributed by atoms with E-state index in [4.69, 9.17) is 5.11 Å². The quantitative estimate of drug-likeness (QED) is 0.809. The van der Waals surface area contributed by atoms with E-state index in [-0.39, 0.29) is 29.8 Å². The zero-order chi connectivity index (χ0) is 17.8. The molecule has 2 N–H and O–H groups in total. The van der Waals surface area contributed by atoms with Gasteiger partial charge < -0.3 is 20.2 Å². The second kappa shape index (κ2) is 8.06. The van der Waals surface area contributed by atoms with Crippen molar-refractivity contribution >= 4 is 17.9 Å². The fourth-order valence-electron chi connectivity index (χ4n) is 4.28. The average Bonchev–Trinajstić information content (AvgIpc) is 3.16. The van der Waals surface area contributed by atoms with Crippen molar-refractivity contribution in [1.29, 1.82) is 0 Å². The SMILES string of the molecule is O=C(O)C1CCC(NC(=O)C2CCCN(C(=O)N3CCCC3)C2)CC1. The molecule has 3 amide bonds. The Balaban J connectivity index is 1.47. The third kappa shape index (κ3) is 4.44. The van der Waals surface area contributed by atoms with Gasteiger partial charge in [0.25, 0.3) is 0 Å². The molecule has 140 valence electrons. The third-order valence-corrected chi connectivity index (χ3v) is 5.86. The van der Waals surface area contributed by atoms with Crippen LogP contribution in [-0.2, 0) is 9.59 Å². The van der Waals surface area contributed by atoms with Crippen molar-refractivity contribution < 1.29 is 19.5 Å². The Labute approximate surface area is 148 Å². The van der Waals surface area contributed by atoms with Crippen LogP contribution in [0.3, 0.4) is 0 Å². The number of carbonyl (C=O) groups is 3. The highest BCUT2D eigenvalue weighted by atomic mass is 16.4. The van der Waals surface area contributed by atoms with E-state index in [9.17, 15) is 14.4 Å². The minimum atomic E-state index is -0.729. The van der Waals surface area contributed by atoms with Crippen molar-refractivity contribution in [3.8, 4) is 0 Å². The molecule has 3 rings (SSSR count). The maximum atomic E-state index is 12.6. The van der Waals surface area contributed by atoms with E-state index in [1.165, 1.54) is 0 Å². The number of carbonyl (C=O) groups excluding carboxylic acids is 2. The zero-order valence-electron chi connectivity index (χ0n) is 14.8. The first-order valence-electron chi connectivity index (χ1n) is 9.61. The van der Waals surface area contributed by atoms with Crippen molar-refractivity contribution in [2.45, 2.75) is 57.4 Å². The van der Waals surface area contributed by atoms with Gasteiger partial charge in [-0.05, 0) is 51.4 Å². The summed E-state index contributed by atoms with van der Waals surface area (Å²) in [6.07, 6.45) is 6.54. The van der Waals surface area contributed by atoms with E-state index in [1.807, 2.05) is 9.80 Å². The number of amides is 3. The molecule has 1 saturated carbocycles. The summed E-state index contributed by atoms with van der Waals surface area (Å²) in [5.74, 6) is -1.11. The Kier molecular flexibility index (Phi) is 5.81. The van der Waals surface area contributed by atoms with Gasteiger partial charge in [0.15, 0.2) is 0 Å². The van der Waals surface area contributed by atoms with Gasteiger partial charge in [0.2, 0.25) is 5.91 Å². The molecule has 0 spiro atoms. The van der Waals surface area contributed by atoms with Crippen LogP contribution in [0, 0.1) is 11.8 Å². The molecule has 2 saturated heterocycles. The Bertz CT molecular complexity index is 510. The Hall–Kier alpha value is -1.79. The van der Waals surface area contributed by atoms with E-state index in [0.29, 0.717) is 19.4 Å². The zero-order valence-corrected chi connectivity index (χ0v) is 14.8. The number of carboxylic acids is 1. The Morgan fingerprint density at radius 3 is 2.08 bits per heavy atom. The lowest BCUT2D eigenvalue weighted by atomic mass is 9.85. The summed E-state index contributed by atoms with van der Waals surface area (Å²) >= 11 is 0. The van der Waals surface area contributed by atoms with Gasteiger partial charge in [0.05, 0.1) is 11.8 Å². The highest BCUT2D eigenvalue weighted by molar-refractivity contribution is 5.81. The number of nitrogens with zero attached hydrogens (tertiary/aromatic N) is 2. The van der Waals surface area contributed by atoms with Gasteiger partial charge in [-0.25, -0.2) is 4.79 Å². The number of nitrogens with one attached hydrogen (secondary N) is 1. The van der Waals surface area contributed by atoms with E-state index < -0.39 is 5.97 Å². The predicted molar refractivity (Wildman–Crippen MR) is 92.0 cm³/mol. The summed E-state index contributed by atoms with van der Waals surface area (Å²) in [6, 6.07) is 0.157. The van der Waals surface area contributed by atoms with E-state index in [1.54, 1.807) is 0 Å². The van der Waals surface area contributed by atoms with Gasteiger partial charge in [-0.2, -0.15) is 0 Å². The molecule has 7 nitrogen and oxygen atoms in total. The number of carboxylic acid groups (broad SMARTS) is 1. The standard InChI is InChI=1S/C18H29N3O4/c22-16(19-15-7-5-13(6-8-15)17(23)24)14-4-3-11-21(12-14)18(25)20-9-1-2-10-20/h13-15H,1-12H2,(H,19,22)(H,23,24). The molecular formula is C18H29N3O4. The van der Waals surface area contributed by atoms with Crippen LogP contribution in [0.1, 0.15) is 51.4 Å². The lowest BCUT2D eigenvalue weighted by Crippen LogP contribution is -2.51.